The molecule has 2 aromatic rings. The summed E-state index contributed by atoms with van der Waals surface area (Å²) in [5.41, 5.74) is 2.14. The van der Waals surface area contributed by atoms with Crippen molar-refractivity contribution in [1.29, 1.82) is 0 Å². The number of carbonyl (C=O) groups is 1. The molecule has 0 bridgehead atoms. The molecule has 1 aliphatic heterocycles. The molecule has 3 nitrogen and oxygen atoms in total. The van der Waals surface area contributed by atoms with E-state index in [9.17, 15) is 9.18 Å². The first-order valence-electron chi connectivity index (χ1n) is 9.90. The van der Waals surface area contributed by atoms with Crippen molar-refractivity contribution in [1.82, 2.24) is 0 Å². The summed E-state index contributed by atoms with van der Waals surface area (Å²) in [6.07, 6.45) is 17.8. The number of amides is 1. The molecule has 2 fully saturated rings. The van der Waals surface area contributed by atoms with Crippen molar-refractivity contribution >= 4 is 28.9 Å². The third-order valence-electron chi connectivity index (χ3n) is 4.93. The average molecular weight is 487 g/mol. The SMILES string of the molecule is O=C1CN=C(c2ccccc2F)c2cc(Cl)ccc2N1C[C]1[CH][CH][CH][CH]1.[CH]1[CH][CH][CH][CH]1.[Fe+2]. The first-order chi connectivity index (χ1) is 15.1. The molecule has 1 amide bonds. The van der Waals surface area contributed by atoms with E-state index in [1.54, 1.807) is 41.3 Å². The summed E-state index contributed by atoms with van der Waals surface area (Å²) < 4.78 is 14.4. The third kappa shape index (κ3) is 6.01. The van der Waals surface area contributed by atoms with Gasteiger partial charge < -0.3 is 4.90 Å². The molecule has 2 saturated carbocycles. The molecular formula is C26H20ClFFeN2O+2. The van der Waals surface area contributed by atoms with Gasteiger partial charge in [-0.25, -0.2) is 4.39 Å². The normalized spacial score (nSPS) is 18.2. The number of benzene rings is 2. The second-order valence-electron chi connectivity index (χ2n) is 7.04. The van der Waals surface area contributed by atoms with Gasteiger partial charge in [0.1, 0.15) is 12.4 Å². The summed E-state index contributed by atoms with van der Waals surface area (Å²) in [4.78, 5) is 18.8. The maximum atomic E-state index is 14.4. The zero-order valence-electron chi connectivity index (χ0n) is 17.1. The van der Waals surface area contributed by atoms with Gasteiger partial charge in [-0.05, 0) is 88.1 Å². The second-order valence-corrected chi connectivity index (χ2v) is 7.48. The molecule has 0 N–H and O–H groups in total. The van der Waals surface area contributed by atoms with Gasteiger partial charge in [0.2, 0.25) is 5.91 Å². The molecule has 1 heterocycles. The molecule has 5 rings (SSSR count). The minimum atomic E-state index is -0.380. The Morgan fingerprint density at radius 2 is 1.56 bits per heavy atom. The molecule has 6 heteroatoms. The topological polar surface area (TPSA) is 32.7 Å². The van der Waals surface area contributed by atoms with E-state index in [2.05, 4.69) is 4.99 Å². The zero-order chi connectivity index (χ0) is 21.6. The van der Waals surface area contributed by atoms with Gasteiger partial charge in [0.25, 0.3) is 0 Å². The van der Waals surface area contributed by atoms with Crippen molar-refractivity contribution in [2.24, 2.45) is 4.99 Å². The van der Waals surface area contributed by atoms with Gasteiger partial charge in [-0.2, -0.15) is 0 Å². The number of benzodiazepines with no additional fused rings is 1. The quantitative estimate of drug-likeness (QED) is 0.557. The third-order valence-corrected chi connectivity index (χ3v) is 5.17. The molecule has 10 radical (unpaired) electrons. The van der Waals surface area contributed by atoms with E-state index < -0.39 is 0 Å². The molecule has 2 aliphatic carbocycles. The van der Waals surface area contributed by atoms with Gasteiger partial charge in [-0.1, -0.05) is 23.7 Å². The number of rotatable bonds is 3. The number of carbonyl (C=O) groups excluding carboxylic acids is 1. The van der Waals surface area contributed by atoms with Crippen molar-refractivity contribution in [3.8, 4) is 0 Å². The van der Waals surface area contributed by atoms with Crippen LogP contribution in [0.4, 0.5) is 10.1 Å². The monoisotopic (exact) mass is 486 g/mol. The minimum Gasteiger partial charge on any atom is -0.310 e. The summed E-state index contributed by atoms with van der Waals surface area (Å²) in [5.74, 6) is 0.504. The first kappa shape index (κ1) is 25.0. The van der Waals surface area contributed by atoms with Crippen molar-refractivity contribution in [2.75, 3.05) is 18.0 Å². The predicted octanol–water partition coefficient (Wildman–Crippen LogP) is 5.09. The van der Waals surface area contributed by atoms with Gasteiger partial charge in [0.05, 0.1) is 11.4 Å². The van der Waals surface area contributed by atoms with E-state index >= 15 is 0 Å². The van der Waals surface area contributed by atoms with Crippen molar-refractivity contribution in [3.05, 3.63) is 128 Å². The van der Waals surface area contributed by atoms with Crippen LogP contribution in [0.1, 0.15) is 11.1 Å². The minimum absolute atomic E-state index is 0. The summed E-state index contributed by atoms with van der Waals surface area (Å²) >= 11 is 6.20. The van der Waals surface area contributed by atoms with Gasteiger partial charge in [0.15, 0.2) is 0 Å². The van der Waals surface area contributed by atoms with Crippen LogP contribution in [0.5, 0.6) is 0 Å². The Balaban J connectivity index is 0.000000427. The van der Waals surface area contributed by atoms with E-state index in [0.717, 1.165) is 5.92 Å². The molecule has 2 aromatic carbocycles. The Labute approximate surface area is 205 Å². The van der Waals surface area contributed by atoms with E-state index in [4.69, 9.17) is 11.6 Å². The number of fused-ring (bicyclic) bond motifs is 1. The van der Waals surface area contributed by atoms with Crippen LogP contribution in [0.25, 0.3) is 0 Å². The summed E-state index contributed by atoms with van der Waals surface area (Å²) in [6, 6.07) is 11.7. The van der Waals surface area contributed by atoms with Crippen LogP contribution in [0.3, 0.4) is 0 Å². The predicted molar refractivity (Wildman–Crippen MR) is 123 cm³/mol. The molecule has 0 aromatic heterocycles. The van der Waals surface area contributed by atoms with Crippen LogP contribution in [-0.4, -0.2) is 24.7 Å². The van der Waals surface area contributed by atoms with Gasteiger partial charge in [-0.15, -0.1) is 0 Å². The molecule has 0 unspecified atom stereocenters. The molecule has 3 aliphatic rings. The van der Waals surface area contributed by atoms with Gasteiger partial charge >= 0.3 is 17.1 Å². The van der Waals surface area contributed by atoms with E-state index in [-0.39, 0.29) is 35.3 Å². The molecule has 0 spiro atoms. The fourth-order valence-electron chi connectivity index (χ4n) is 3.46. The van der Waals surface area contributed by atoms with E-state index in [1.165, 1.54) is 6.07 Å². The molecule has 160 valence electrons. The summed E-state index contributed by atoms with van der Waals surface area (Å²) in [5, 5.41) is 0.510. The van der Waals surface area contributed by atoms with Crippen molar-refractivity contribution in [3.63, 3.8) is 0 Å². The van der Waals surface area contributed by atoms with Gasteiger partial charge in [-0.3, -0.25) is 9.79 Å². The smallest absolute Gasteiger partial charge is 0.310 e. The largest absolute Gasteiger partial charge is 2.00 e. The number of hydrogen-bond donors (Lipinski definition) is 0. The Kier molecular flexibility index (Phi) is 9.33. The first-order valence-corrected chi connectivity index (χ1v) is 10.3. The standard InChI is InChI=1S/C21H15ClFN2O.C5H5.Fe/c22-15-9-10-19-17(11-15)21(16-7-3-4-8-18(16)23)24-12-20(26)25(19)13-14-5-1-2-6-14;1-2-4-5-3-1;/h1-11H,12-13H2;1-5H;/q;;+2. The van der Waals surface area contributed by atoms with Crippen LogP contribution < -0.4 is 4.90 Å². The Hall–Kier alpha value is -1.68. The van der Waals surface area contributed by atoms with Crippen molar-refractivity contribution < 1.29 is 26.3 Å². The molecule has 32 heavy (non-hydrogen) atoms. The van der Waals surface area contributed by atoms with Gasteiger partial charge in [0, 0.05) is 28.6 Å². The fourth-order valence-corrected chi connectivity index (χ4v) is 3.64. The average Bonchev–Trinajstić information content (AvgIpc) is 3.49. The van der Waals surface area contributed by atoms with Crippen LogP contribution in [-0.2, 0) is 21.9 Å². The Morgan fingerprint density at radius 1 is 0.906 bits per heavy atom. The molecule has 0 atom stereocenters. The Morgan fingerprint density at radius 3 is 2.22 bits per heavy atom. The zero-order valence-corrected chi connectivity index (χ0v) is 18.9. The maximum absolute atomic E-state index is 14.4. The van der Waals surface area contributed by atoms with Crippen LogP contribution >= 0.6 is 11.6 Å². The van der Waals surface area contributed by atoms with Crippen LogP contribution in [0, 0.1) is 69.5 Å². The summed E-state index contributed by atoms with van der Waals surface area (Å²) in [6.45, 7) is 0.386. The van der Waals surface area contributed by atoms with E-state index in [1.807, 2.05) is 57.8 Å². The number of hydrogen-bond acceptors (Lipinski definition) is 2. The van der Waals surface area contributed by atoms with E-state index in [0.29, 0.717) is 34.1 Å². The molecule has 0 saturated heterocycles. The number of anilines is 1. The number of nitrogens with zero attached hydrogens (tertiary/aromatic N) is 2. The van der Waals surface area contributed by atoms with Crippen LogP contribution in [0.2, 0.25) is 5.02 Å². The fraction of sp³-hybridized carbons (Fsp3) is 0.0769. The number of aliphatic imine (C=N–C) groups is 1. The molecular weight excluding hydrogens is 467 g/mol. The van der Waals surface area contributed by atoms with Crippen LogP contribution in [0.15, 0.2) is 47.5 Å². The second kappa shape index (κ2) is 12.0. The maximum Gasteiger partial charge on any atom is 2.00 e. The summed E-state index contributed by atoms with van der Waals surface area (Å²) in [7, 11) is 0. The number of halogens is 2. The van der Waals surface area contributed by atoms with Crippen molar-refractivity contribution in [2.45, 2.75) is 0 Å². The Bertz CT molecular complexity index is 947.